The third-order valence-electron chi connectivity index (χ3n) is 1.72. The van der Waals surface area contributed by atoms with Crippen molar-refractivity contribution < 1.29 is 13.2 Å². The van der Waals surface area contributed by atoms with Crippen molar-refractivity contribution in [3.05, 3.63) is 42.1 Å². The van der Waals surface area contributed by atoms with Crippen LogP contribution >= 0.6 is 10.7 Å². The van der Waals surface area contributed by atoms with Crippen LogP contribution in [0.15, 0.2) is 47.0 Å². The van der Waals surface area contributed by atoms with E-state index >= 15 is 0 Å². The van der Waals surface area contributed by atoms with Gasteiger partial charge in [0.05, 0.1) is 4.90 Å². The molecule has 0 radical (unpaired) electrons. The first-order valence-corrected chi connectivity index (χ1v) is 6.88. The highest BCUT2D eigenvalue weighted by molar-refractivity contribution is 8.13. The molecular weight excluding hydrogens is 248 g/mol. The van der Waals surface area contributed by atoms with Gasteiger partial charge in [0.2, 0.25) is 0 Å². The maximum atomic E-state index is 10.9. The molecule has 0 unspecified atom stereocenters. The summed E-state index contributed by atoms with van der Waals surface area (Å²) in [6.45, 7) is 2.24. The molecule has 0 saturated heterocycles. The minimum Gasteiger partial charge on any atom is -0.489 e. The molecule has 16 heavy (non-hydrogen) atoms. The van der Waals surface area contributed by atoms with E-state index in [1.165, 1.54) is 12.1 Å². The van der Waals surface area contributed by atoms with Crippen LogP contribution in [0.5, 0.6) is 5.75 Å². The lowest BCUT2D eigenvalue weighted by Crippen LogP contribution is -1.94. The summed E-state index contributed by atoms with van der Waals surface area (Å²) in [5, 5.41) is 0. The van der Waals surface area contributed by atoms with Crippen LogP contribution in [-0.2, 0) is 9.05 Å². The molecular formula is C11H11ClO3S. The molecule has 0 saturated carbocycles. The Morgan fingerprint density at radius 2 is 2.00 bits per heavy atom. The number of ether oxygens (including phenoxy) is 1. The maximum absolute atomic E-state index is 10.9. The first-order valence-electron chi connectivity index (χ1n) is 4.57. The first kappa shape index (κ1) is 12.8. The number of hydrogen-bond donors (Lipinski definition) is 0. The van der Waals surface area contributed by atoms with E-state index in [2.05, 4.69) is 5.73 Å². The monoisotopic (exact) mass is 258 g/mol. The van der Waals surface area contributed by atoms with E-state index in [1.54, 1.807) is 24.3 Å². The summed E-state index contributed by atoms with van der Waals surface area (Å²) >= 11 is 0. The summed E-state index contributed by atoms with van der Waals surface area (Å²) < 4.78 is 27.2. The van der Waals surface area contributed by atoms with Gasteiger partial charge in [-0.2, -0.15) is 0 Å². The van der Waals surface area contributed by atoms with Gasteiger partial charge in [0.15, 0.2) is 0 Å². The normalized spacial score (nSPS) is 10.4. The molecule has 0 aliphatic carbocycles. The van der Waals surface area contributed by atoms with Crippen molar-refractivity contribution in [1.29, 1.82) is 0 Å². The van der Waals surface area contributed by atoms with Crippen molar-refractivity contribution in [1.82, 2.24) is 0 Å². The third-order valence-corrected chi connectivity index (χ3v) is 3.09. The van der Waals surface area contributed by atoms with Gasteiger partial charge in [-0.1, -0.05) is 0 Å². The van der Waals surface area contributed by atoms with E-state index in [0.717, 1.165) is 0 Å². The fourth-order valence-corrected chi connectivity index (χ4v) is 1.77. The highest BCUT2D eigenvalue weighted by atomic mass is 35.7. The van der Waals surface area contributed by atoms with Gasteiger partial charge < -0.3 is 4.74 Å². The maximum Gasteiger partial charge on any atom is 0.261 e. The minimum absolute atomic E-state index is 0.0607. The molecule has 1 rings (SSSR count). The molecule has 0 aliphatic heterocycles. The minimum atomic E-state index is -3.66. The van der Waals surface area contributed by atoms with Crippen LogP contribution in [-0.4, -0.2) is 15.0 Å². The van der Waals surface area contributed by atoms with E-state index < -0.39 is 9.05 Å². The molecule has 0 amide bonds. The van der Waals surface area contributed by atoms with Crippen molar-refractivity contribution in [2.75, 3.05) is 6.61 Å². The molecule has 0 fully saturated rings. The summed E-state index contributed by atoms with van der Waals surface area (Å²) in [4.78, 5) is 0.0607. The zero-order chi connectivity index (χ0) is 12.0. The fraction of sp³-hybridized carbons (Fsp3) is 0.182. The Hall–Kier alpha value is -1.22. The highest BCUT2D eigenvalue weighted by Gasteiger charge is 2.08. The van der Waals surface area contributed by atoms with Gasteiger partial charge in [-0.25, -0.2) is 8.42 Å². The lowest BCUT2D eigenvalue weighted by atomic mass is 10.3. The molecule has 0 heterocycles. The van der Waals surface area contributed by atoms with Crippen molar-refractivity contribution in [2.45, 2.75) is 11.8 Å². The predicted octanol–water partition coefficient (Wildman–Crippen LogP) is 2.72. The molecule has 0 atom stereocenters. The molecule has 0 aliphatic rings. The summed E-state index contributed by atoms with van der Waals surface area (Å²) in [5.41, 5.74) is 2.86. The molecule has 0 aromatic heterocycles. The van der Waals surface area contributed by atoms with Crippen LogP contribution in [0.1, 0.15) is 6.92 Å². The van der Waals surface area contributed by atoms with E-state index in [0.29, 0.717) is 12.4 Å². The highest BCUT2D eigenvalue weighted by Crippen LogP contribution is 2.18. The average molecular weight is 259 g/mol. The Morgan fingerprint density at radius 3 is 2.50 bits per heavy atom. The van der Waals surface area contributed by atoms with E-state index in [1.807, 2.05) is 6.92 Å². The lowest BCUT2D eigenvalue weighted by Gasteiger charge is -2.02. The molecule has 86 valence electrons. The Kier molecular flexibility index (Phi) is 4.62. The summed E-state index contributed by atoms with van der Waals surface area (Å²) in [5.74, 6) is 0.582. The zero-order valence-corrected chi connectivity index (χ0v) is 10.3. The topological polar surface area (TPSA) is 43.4 Å². The second kappa shape index (κ2) is 5.75. The molecule has 1 aromatic rings. The Bertz CT molecular complexity index is 497. The van der Waals surface area contributed by atoms with E-state index in [-0.39, 0.29) is 4.90 Å². The summed E-state index contributed by atoms with van der Waals surface area (Å²) in [6, 6.07) is 5.91. The largest absolute Gasteiger partial charge is 0.489 e. The Balaban J connectivity index is 2.69. The van der Waals surface area contributed by atoms with Gasteiger partial charge in [0.25, 0.3) is 9.05 Å². The van der Waals surface area contributed by atoms with Gasteiger partial charge in [-0.05, 0) is 43.3 Å². The zero-order valence-electron chi connectivity index (χ0n) is 8.68. The van der Waals surface area contributed by atoms with Gasteiger partial charge >= 0.3 is 0 Å². The second-order valence-electron chi connectivity index (χ2n) is 2.88. The van der Waals surface area contributed by atoms with Crippen LogP contribution in [0, 0.1) is 0 Å². The first-order chi connectivity index (χ1) is 7.54. The van der Waals surface area contributed by atoms with Crippen LogP contribution in [0.3, 0.4) is 0 Å². The van der Waals surface area contributed by atoms with Crippen molar-refractivity contribution in [3.63, 3.8) is 0 Å². The van der Waals surface area contributed by atoms with Gasteiger partial charge in [0, 0.05) is 10.7 Å². The van der Waals surface area contributed by atoms with Gasteiger partial charge in [0.1, 0.15) is 12.4 Å². The molecule has 3 nitrogen and oxygen atoms in total. The SMILES string of the molecule is CC=C=CCOc1ccc(S(=O)(=O)Cl)cc1. The summed E-state index contributed by atoms with van der Waals surface area (Å²) in [7, 11) is 1.51. The fourth-order valence-electron chi connectivity index (χ4n) is 1.00. The Labute approximate surface area is 99.4 Å². The lowest BCUT2D eigenvalue weighted by molar-refractivity contribution is 0.363. The Morgan fingerprint density at radius 1 is 1.38 bits per heavy atom. The number of benzene rings is 1. The third kappa shape index (κ3) is 4.11. The average Bonchev–Trinajstić information content (AvgIpc) is 2.24. The van der Waals surface area contributed by atoms with Crippen LogP contribution < -0.4 is 4.74 Å². The van der Waals surface area contributed by atoms with Crippen molar-refractivity contribution in [2.24, 2.45) is 0 Å². The van der Waals surface area contributed by atoms with Gasteiger partial charge in [-0.15, -0.1) is 5.73 Å². The van der Waals surface area contributed by atoms with Crippen molar-refractivity contribution >= 4 is 19.7 Å². The van der Waals surface area contributed by atoms with E-state index in [9.17, 15) is 8.42 Å². The smallest absolute Gasteiger partial charge is 0.261 e. The number of rotatable bonds is 4. The summed E-state index contributed by atoms with van der Waals surface area (Å²) in [6.07, 6.45) is 3.50. The molecule has 0 N–H and O–H groups in total. The number of halogens is 1. The molecule has 5 heteroatoms. The predicted molar refractivity (Wildman–Crippen MR) is 63.3 cm³/mol. The van der Waals surface area contributed by atoms with Crippen LogP contribution in [0.25, 0.3) is 0 Å². The number of hydrogen-bond acceptors (Lipinski definition) is 3. The van der Waals surface area contributed by atoms with E-state index in [4.69, 9.17) is 15.4 Å². The molecule has 0 spiro atoms. The van der Waals surface area contributed by atoms with Crippen LogP contribution in [0.4, 0.5) is 0 Å². The van der Waals surface area contributed by atoms with Crippen LogP contribution in [0.2, 0.25) is 0 Å². The van der Waals surface area contributed by atoms with Gasteiger partial charge in [-0.3, -0.25) is 0 Å². The molecule has 0 bridgehead atoms. The second-order valence-corrected chi connectivity index (χ2v) is 5.45. The molecule has 1 aromatic carbocycles. The standard InChI is InChI=1S/C11H11ClO3S/c1-2-3-4-9-15-10-5-7-11(8-6-10)16(12,13)14/h2,4-8H,9H2,1H3. The van der Waals surface area contributed by atoms with Crippen molar-refractivity contribution in [3.8, 4) is 5.75 Å². The quantitative estimate of drug-likeness (QED) is 0.616.